The van der Waals surface area contributed by atoms with Crippen LogP contribution in [0.4, 0.5) is 11.4 Å². The first-order valence-corrected chi connectivity index (χ1v) is 29.7. The molecule has 0 spiro atoms. The average Bonchev–Trinajstić information content (AvgIpc) is 4.23. The fourth-order valence-electron chi connectivity index (χ4n) is 12.1. The number of nitrogens with one attached hydrogen (secondary N) is 3. The molecule has 6 aromatic heterocycles. The third-order valence-corrected chi connectivity index (χ3v) is 17.0. The number of nitrogens with two attached hydrogens (primary N) is 1. The molecule has 10 heterocycles. The molecule has 428 valence electrons. The first-order valence-electron chi connectivity index (χ1n) is 29.7. The third-order valence-electron chi connectivity index (χ3n) is 17.0. The number of carbonyl (C=O) groups is 2. The summed E-state index contributed by atoms with van der Waals surface area (Å²) >= 11 is 0. The molecule has 17 heteroatoms. The maximum absolute atomic E-state index is 13.1. The number of rotatable bonds is 15. The van der Waals surface area contributed by atoms with Crippen molar-refractivity contribution >= 4 is 66.9 Å². The highest BCUT2D eigenvalue weighted by molar-refractivity contribution is 6.01. The molecule has 8 aromatic rings. The maximum atomic E-state index is 13.1. The van der Waals surface area contributed by atoms with Gasteiger partial charge < -0.3 is 55.5 Å². The second kappa shape index (κ2) is 27.2. The minimum Gasteiger partial charge on any atom is -0.477 e. The summed E-state index contributed by atoms with van der Waals surface area (Å²) in [5.74, 6) is -0.943. The highest BCUT2D eigenvalue weighted by Crippen LogP contribution is 2.34. The normalized spacial score (nSPS) is 17.2. The van der Waals surface area contributed by atoms with Gasteiger partial charge in [0.25, 0.3) is 5.91 Å². The van der Waals surface area contributed by atoms with Gasteiger partial charge in [-0.1, -0.05) is 25.0 Å². The van der Waals surface area contributed by atoms with Crippen molar-refractivity contribution in [1.29, 1.82) is 0 Å². The van der Waals surface area contributed by atoms with E-state index in [0.29, 0.717) is 24.3 Å². The minimum atomic E-state index is -0.929. The lowest BCUT2D eigenvalue weighted by atomic mass is 10.0. The van der Waals surface area contributed by atoms with Crippen LogP contribution in [-0.4, -0.2) is 170 Å². The van der Waals surface area contributed by atoms with Crippen LogP contribution in [0.2, 0.25) is 0 Å². The van der Waals surface area contributed by atoms with Gasteiger partial charge in [0.1, 0.15) is 11.4 Å². The number of hydrogen-bond acceptors (Lipinski definition) is 13. The number of nitrogens with zero attached hydrogens (tertiary/aromatic N) is 10. The predicted octanol–water partition coefficient (Wildman–Crippen LogP) is 9.71. The van der Waals surface area contributed by atoms with Gasteiger partial charge in [0.05, 0.1) is 22.4 Å². The molecule has 4 aliphatic heterocycles. The largest absolute Gasteiger partial charge is 0.477 e. The average molecular weight is 1100 g/mol. The Morgan fingerprint density at radius 2 is 1.02 bits per heavy atom. The summed E-state index contributed by atoms with van der Waals surface area (Å²) in [5.41, 5.74) is 16.0. The van der Waals surface area contributed by atoms with Crippen LogP contribution in [0.1, 0.15) is 98.0 Å². The van der Waals surface area contributed by atoms with Crippen molar-refractivity contribution in [2.75, 3.05) is 103 Å². The highest BCUT2D eigenvalue weighted by Gasteiger charge is 2.22. The Kier molecular flexibility index (Phi) is 19.2. The van der Waals surface area contributed by atoms with E-state index in [9.17, 15) is 14.7 Å². The van der Waals surface area contributed by atoms with Crippen molar-refractivity contribution in [3.8, 4) is 22.5 Å². The summed E-state index contributed by atoms with van der Waals surface area (Å²) in [5, 5.41) is 24.1. The minimum absolute atomic E-state index is 0.0140. The van der Waals surface area contributed by atoms with Crippen LogP contribution in [0.5, 0.6) is 0 Å². The summed E-state index contributed by atoms with van der Waals surface area (Å²) in [7, 11) is 8.09. The molecule has 4 fully saturated rings. The Balaban J connectivity index is 0.000000159. The number of piperidine rings is 4. The second-order valence-corrected chi connectivity index (χ2v) is 22.9. The molecule has 0 saturated carbocycles. The number of benzene rings is 2. The lowest BCUT2D eigenvalue weighted by Crippen LogP contribution is -2.36. The number of aromatic nitrogens is 6. The standard InChI is InChI=1S/C32H41N7O.C24H25N5O2.C8H18N2/c1-37-17-10-25(11-18-37)35-29-21-28(36-27-9-13-33-22-26(27)29)23-7-8-30-24(19-23)20-31(38(30)2)32(40)34-12-6-16-39-14-4-3-5-15-39;1-28-9-6-17(7-10-28)26-21-13-20(27-19-5-8-25-14-18(19)21)15-3-4-22-16(11-15)12-23(24(30)31)29(22)2;9-5-4-8-10-6-2-1-3-7-10/h7-9,13,19-22,25H,3-6,10-12,14-18H2,1-2H3,(H,34,40)(H,35,36);3-5,8,11-14,17H,6-7,9-10H2,1-2H3,(H,26,27)(H,30,31);1-9H2. The Labute approximate surface area is 477 Å². The van der Waals surface area contributed by atoms with Gasteiger partial charge in [-0.3, -0.25) is 14.8 Å². The number of carboxylic acid groups (broad SMARTS) is 1. The first kappa shape index (κ1) is 57.2. The van der Waals surface area contributed by atoms with E-state index in [2.05, 4.69) is 89.9 Å². The number of amides is 1. The summed E-state index contributed by atoms with van der Waals surface area (Å²) in [4.78, 5) is 52.9. The number of hydrogen-bond donors (Lipinski definition) is 5. The van der Waals surface area contributed by atoms with Crippen LogP contribution in [0.25, 0.3) is 66.1 Å². The summed E-state index contributed by atoms with van der Waals surface area (Å²) in [6, 6.07) is 25.1. The van der Waals surface area contributed by atoms with Gasteiger partial charge in [0.2, 0.25) is 0 Å². The fourth-order valence-corrected chi connectivity index (χ4v) is 12.1. The molecule has 4 aliphatic rings. The van der Waals surface area contributed by atoms with E-state index >= 15 is 0 Å². The number of likely N-dealkylation sites (tertiary alicyclic amines) is 4. The predicted molar refractivity (Wildman–Crippen MR) is 329 cm³/mol. The van der Waals surface area contributed by atoms with E-state index < -0.39 is 5.97 Å². The van der Waals surface area contributed by atoms with Crippen molar-refractivity contribution in [2.24, 2.45) is 19.8 Å². The molecule has 6 N–H and O–H groups in total. The maximum Gasteiger partial charge on any atom is 0.352 e. The molecule has 0 radical (unpaired) electrons. The number of aromatic carboxylic acids is 1. The Morgan fingerprint density at radius 1 is 0.568 bits per heavy atom. The van der Waals surface area contributed by atoms with Gasteiger partial charge in [-0.25, -0.2) is 14.8 Å². The quantitative estimate of drug-likeness (QED) is 0.0610. The number of aryl methyl sites for hydroxylation is 2. The zero-order valence-electron chi connectivity index (χ0n) is 48.2. The molecule has 4 saturated heterocycles. The van der Waals surface area contributed by atoms with Crippen molar-refractivity contribution in [2.45, 2.75) is 89.1 Å². The van der Waals surface area contributed by atoms with Gasteiger partial charge >= 0.3 is 5.97 Å². The van der Waals surface area contributed by atoms with Crippen molar-refractivity contribution in [1.82, 2.24) is 54.0 Å². The van der Waals surface area contributed by atoms with E-state index in [1.54, 1.807) is 30.1 Å². The molecule has 0 atom stereocenters. The summed E-state index contributed by atoms with van der Waals surface area (Å²) < 4.78 is 3.69. The van der Waals surface area contributed by atoms with Gasteiger partial charge in [0.15, 0.2) is 0 Å². The molecular weight excluding hydrogens is 1010 g/mol. The lowest BCUT2D eigenvalue weighted by molar-refractivity contribution is 0.0686. The number of anilines is 2. The second-order valence-electron chi connectivity index (χ2n) is 22.9. The van der Waals surface area contributed by atoms with Crippen molar-refractivity contribution in [3.63, 3.8) is 0 Å². The molecule has 81 heavy (non-hydrogen) atoms. The van der Waals surface area contributed by atoms with Crippen LogP contribution in [0.15, 0.2) is 97.6 Å². The molecule has 0 unspecified atom stereocenters. The molecule has 0 aliphatic carbocycles. The Bertz CT molecular complexity index is 3400. The van der Waals surface area contributed by atoms with Crippen molar-refractivity contribution < 1.29 is 14.7 Å². The van der Waals surface area contributed by atoms with E-state index in [1.807, 2.05) is 60.4 Å². The number of carbonyl (C=O) groups excluding carboxylic acids is 1. The Hall–Kier alpha value is -7.02. The van der Waals surface area contributed by atoms with Gasteiger partial charge in [-0.15, -0.1) is 0 Å². The topological polar surface area (TPSA) is 191 Å². The molecule has 2 aromatic carbocycles. The summed E-state index contributed by atoms with van der Waals surface area (Å²) in [6.45, 7) is 13.2. The van der Waals surface area contributed by atoms with E-state index in [1.165, 1.54) is 77.7 Å². The third kappa shape index (κ3) is 14.4. The zero-order valence-corrected chi connectivity index (χ0v) is 48.2. The van der Waals surface area contributed by atoms with E-state index in [4.69, 9.17) is 15.7 Å². The fraction of sp³-hybridized carbons (Fsp3) is 0.469. The summed E-state index contributed by atoms with van der Waals surface area (Å²) in [6.07, 6.45) is 22.1. The highest BCUT2D eigenvalue weighted by atomic mass is 16.4. The zero-order chi connectivity index (χ0) is 56.2. The SMILES string of the molecule is CN1CCC(Nc2cc(-c3ccc4c(c3)cc(C(=O)NCCCN3CCCCC3)n4C)nc3ccncc23)CC1.CN1CCC(Nc2cc(-c3ccc4c(c3)cc(C(=O)O)n4C)nc3ccncc23)CC1.NCCCN1CCCCC1. The van der Waals surface area contributed by atoms with Crippen LogP contribution in [0.3, 0.4) is 0 Å². The first-order chi connectivity index (χ1) is 39.5. The van der Waals surface area contributed by atoms with Gasteiger partial charge in [-0.2, -0.15) is 0 Å². The molecular formula is C64H84N14O3. The Morgan fingerprint density at radius 3 is 1.49 bits per heavy atom. The molecule has 1 amide bonds. The van der Waals surface area contributed by atoms with E-state index in [-0.39, 0.29) is 11.6 Å². The monoisotopic (exact) mass is 1100 g/mol. The number of fused-ring (bicyclic) bond motifs is 4. The smallest absolute Gasteiger partial charge is 0.352 e. The van der Waals surface area contributed by atoms with Crippen LogP contribution < -0.4 is 21.7 Å². The van der Waals surface area contributed by atoms with Gasteiger partial charge in [0, 0.05) is 113 Å². The van der Waals surface area contributed by atoms with Gasteiger partial charge in [-0.05, 0) is 211 Å². The molecule has 0 bridgehead atoms. The number of carboxylic acids is 1. The lowest BCUT2D eigenvalue weighted by Gasteiger charge is -2.30. The molecule has 17 nitrogen and oxygen atoms in total. The molecule has 12 rings (SSSR count). The van der Waals surface area contributed by atoms with Crippen LogP contribution in [-0.2, 0) is 14.1 Å². The van der Waals surface area contributed by atoms with Crippen LogP contribution in [0, 0.1) is 0 Å². The van der Waals surface area contributed by atoms with Crippen LogP contribution >= 0.6 is 0 Å². The number of pyridine rings is 4. The van der Waals surface area contributed by atoms with Crippen molar-refractivity contribution in [3.05, 3.63) is 109 Å². The van der Waals surface area contributed by atoms with E-state index in [0.717, 1.165) is 149 Å².